The van der Waals surface area contributed by atoms with Crippen LogP contribution in [-0.2, 0) is 11.8 Å². The molecular formula is C10H17N5O3. The van der Waals surface area contributed by atoms with Crippen molar-refractivity contribution in [2.24, 2.45) is 12.5 Å². The summed E-state index contributed by atoms with van der Waals surface area (Å²) in [5.41, 5.74) is -0.975. The molecule has 0 bridgehead atoms. The van der Waals surface area contributed by atoms with Crippen molar-refractivity contribution in [2.45, 2.75) is 20.3 Å². The predicted molar refractivity (Wildman–Crippen MR) is 64.1 cm³/mol. The number of aliphatic carboxylic acids is 1. The van der Waals surface area contributed by atoms with Gasteiger partial charge < -0.3 is 10.4 Å². The van der Waals surface area contributed by atoms with E-state index in [4.69, 9.17) is 5.11 Å². The Kier molecular flexibility index (Phi) is 4.24. The summed E-state index contributed by atoms with van der Waals surface area (Å²) in [6.45, 7) is 3.39. The molecule has 18 heavy (non-hydrogen) atoms. The predicted octanol–water partition coefficient (Wildman–Crippen LogP) is 0.437. The number of nitrogens with zero attached hydrogens (tertiary/aromatic N) is 3. The van der Waals surface area contributed by atoms with Gasteiger partial charge in [0.2, 0.25) is 5.95 Å². The van der Waals surface area contributed by atoms with Crippen molar-refractivity contribution in [3.63, 3.8) is 0 Å². The monoisotopic (exact) mass is 255 g/mol. The molecule has 0 saturated heterocycles. The SMILES string of the molecule is CCC(C)(CNC(=O)Nc1ncnn1C)C(=O)O. The van der Waals surface area contributed by atoms with Crippen LogP contribution in [0.25, 0.3) is 0 Å². The first kappa shape index (κ1) is 13.9. The van der Waals surface area contributed by atoms with Crippen LogP contribution in [0.3, 0.4) is 0 Å². The van der Waals surface area contributed by atoms with Crippen LogP contribution in [-0.4, -0.2) is 38.4 Å². The van der Waals surface area contributed by atoms with E-state index in [1.165, 1.54) is 11.0 Å². The smallest absolute Gasteiger partial charge is 0.321 e. The number of amides is 2. The maximum absolute atomic E-state index is 11.6. The molecule has 1 unspecified atom stereocenters. The number of aryl methyl sites for hydroxylation is 1. The van der Waals surface area contributed by atoms with Crippen molar-refractivity contribution < 1.29 is 14.7 Å². The third kappa shape index (κ3) is 3.19. The lowest BCUT2D eigenvalue weighted by Crippen LogP contribution is -2.42. The van der Waals surface area contributed by atoms with Gasteiger partial charge in [-0.15, -0.1) is 0 Å². The van der Waals surface area contributed by atoms with Gasteiger partial charge in [0, 0.05) is 13.6 Å². The van der Waals surface area contributed by atoms with Crippen LogP contribution in [0.1, 0.15) is 20.3 Å². The standard InChI is InChI=1S/C10H17N5O3/c1-4-10(2,7(16)17)5-11-9(18)14-8-12-6-13-15(8)3/h6H,4-5H2,1-3H3,(H,16,17)(H2,11,12,13,14,18). The lowest BCUT2D eigenvalue weighted by molar-refractivity contribution is -0.147. The van der Waals surface area contributed by atoms with Crippen LogP contribution < -0.4 is 10.6 Å². The van der Waals surface area contributed by atoms with E-state index in [2.05, 4.69) is 20.7 Å². The molecule has 0 saturated carbocycles. The van der Waals surface area contributed by atoms with E-state index >= 15 is 0 Å². The first-order valence-electron chi connectivity index (χ1n) is 5.51. The molecule has 1 atom stereocenters. The maximum Gasteiger partial charge on any atom is 0.321 e. The highest BCUT2D eigenvalue weighted by atomic mass is 16.4. The second-order valence-electron chi connectivity index (χ2n) is 4.23. The number of carbonyl (C=O) groups is 2. The molecule has 0 radical (unpaired) electrons. The van der Waals surface area contributed by atoms with Gasteiger partial charge in [-0.25, -0.2) is 9.48 Å². The molecule has 1 aromatic rings. The number of rotatable bonds is 5. The number of anilines is 1. The van der Waals surface area contributed by atoms with Crippen LogP contribution in [0.4, 0.5) is 10.7 Å². The molecule has 0 fully saturated rings. The topological polar surface area (TPSA) is 109 Å². The lowest BCUT2D eigenvalue weighted by atomic mass is 9.88. The zero-order chi connectivity index (χ0) is 13.8. The van der Waals surface area contributed by atoms with E-state index in [1.54, 1.807) is 20.9 Å². The van der Waals surface area contributed by atoms with Gasteiger partial charge in [0.1, 0.15) is 6.33 Å². The van der Waals surface area contributed by atoms with Gasteiger partial charge in [-0.2, -0.15) is 10.1 Å². The zero-order valence-corrected chi connectivity index (χ0v) is 10.6. The van der Waals surface area contributed by atoms with Crippen molar-refractivity contribution in [3.8, 4) is 0 Å². The second-order valence-corrected chi connectivity index (χ2v) is 4.23. The Morgan fingerprint density at radius 1 is 1.56 bits per heavy atom. The molecule has 0 aliphatic heterocycles. The molecule has 100 valence electrons. The zero-order valence-electron chi connectivity index (χ0n) is 10.6. The van der Waals surface area contributed by atoms with Gasteiger partial charge in [-0.05, 0) is 13.3 Å². The summed E-state index contributed by atoms with van der Waals surface area (Å²) in [6, 6.07) is -0.507. The molecular weight excluding hydrogens is 238 g/mol. The molecule has 0 aromatic carbocycles. The fourth-order valence-corrected chi connectivity index (χ4v) is 1.18. The first-order valence-corrected chi connectivity index (χ1v) is 5.51. The molecule has 1 rings (SSSR count). The van der Waals surface area contributed by atoms with Crippen molar-refractivity contribution in [2.75, 3.05) is 11.9 Å². The highest BCUT2D eigenvalue weighted by Crippen LogP contribution is 2.19. The van der Waals surface area contributed by atoms with E-state index in [-0.39, 0.29) is 6.54 Å². The summed E-state index contributed by atoms with van der Waals surface area (Å²) in [5.74, 6) is -0.648. The maximum atomic E-state index is 11.6. The van der Waals surface area contributed by atoms with Crippen LogP contribution in [0.15, 0.2) is 6.33 Å². The Hall–Kier alpha value is -2.12. The number of hydrogen-bond donors (Lipinski definition) is 3. The summed E-state index contributed by atoms with van der Waals surface area (Å²) in [4.78, 5) is 26.4. The van der Waals surface area contributed by atoms with E-state index in [0.717, 1.165) is 0 Å². The summed E-state index contributed by atoms with van der Waals surface area (Å²) < 4.78 is 1.40. The average Bonchev–Trinajstić information content (AvgIpc) is 2.71. The number of urea groups is 1. The van der Waals surface area contributed by atoms with E-state index < -0.39 is 17.4 Å². The Morgan fingerprint density at radius 2 is 2.22 bits per heavy atom. The first-order chi connectivity index (χ1) is 8.39. The average molecular weight is 255 g/mol. The molecule has 0 aliphatic rings. The van der Waals surface area contributed by atoms with E-state index in [9.17, 15) is 9.59 Å². The number of aromatic nitrogens is 3. The normalized spacial score (nSPS) is 13.7. The highest BCUT2D eigenvalue weighted by molar-refractivity contribution is 5.88. The number of carboxylic acid groups (broad SMARTS) is 1. The van der Waals surface area contributed by atoms with Crippen molar-refractivity contribution in [3.05, 3.63) is 6.33 Å². The van der Waals surface area contributed by atoms with E-state index in [0.29, 0.717) is 12.4 Å². The minimum atomic E-state index is -0.975. The Balaban J connectivity index is 2.51. The largest absolute Gasteiger partial charge is 0.481 e. The summed E-state index contributed by atoms with van der Waals surface area (Å²) in [5, 5.41) is 17.8. The molecule has 0 spiro atoms. The molecule has 1 heterocycles. The molecule has 8 heteroatoms. The quantitative estimate of drug-likeness (QED) is 0.707. The fourth-order valence-electron chi connectivity index (χ4n) is 1.18. The Labute approximate surface area is 104 Å². The molecule has 0 aliphatic carbocycles. The fraction of sp³-hybridized carbons (Fsp3) is 0.600. The Bertz CT molecular complexity index is 444. The van der Waals surface area contributed by atoms with Crippen molar-refractivity contribution in [1.29, 1.82) is 0 Å². The van der Waals surface area contributed by atoms with E-state index in [1.807, 2.05) is 0 Å². The minimum absolute atomic E-state index is 0.0442. The lowest BCUT2D eigenvalue weighted by Gasteiger charge is -2.23. The number of nitrogens with one attached hydrogen (secondary N) is 2. The van der Waals surface area contributed by atoms with Gasteiger partial charge in [0.05, 0.1) is 5.41 Å². The van der Waals surface area contributed by atoms with Gasteiger partial charge in [-0.1, -0.05) is 6.92 Å². The van der Waals surface area contributed by atoms with Gasteiger partial charge in [0.15, 0.2) is 0 Å². The summed E-state index contributed by atoms with van der Waals surface area (Å²) in [6.07, 6.45) is 1.73. The highest BCUT2D eigenvalue weighted by Gasteiger charge is 2.31. The molecule has 2 amide bonds. The van der Waals surface area contributed by atoms with Crippen LogP contribution in [0, 0.1) is 5.41 Å². The minimum Gasteiger partial charge on any atom is -0.481 e. The van der Waals surface area contributed by atoms with Crippen molar-refractivity contribution in [1.82, 2.24) is 20.1 Å². The third-order valence-electron chi connectivity index (χ3n) is 2.87. The van der Waals surface area contributed by atoms with Crippen molar-refractivity contribution >= 4 is 17.9 Å². The van der Waals surface area contributed by atoms with Crippen LogP contribution in [0.5, 0.6) is 0 Å². The van der Waals surface area contributed by atoms with Crippen LogP contribution in [0.2, 0.25) is 0 Å². The van der Waals surface area contributed by atoms with Gasteiger partial charge in [0.25, 0.3) is 0 Å². The number of carboxylic acids is 1. The second kappa shape index (κ2) is 5.48. The van der Waals surface area contributed by atoms with Gasteiger partial charge >= 0.3 is 12.0 Å². The molecule has 3 N–H and O–H groups in total. The number of hydrogen-bond acceptors (Lipinski definition) is 4. The summed E-state index contributed by atoms with van der Waals surface area (Å²) in [7, 11) is 1.63. The van der Waals surface area contributed by atoms with Gasteiger partial charge in [-0.3, -0.25) is 10.1 Å². The number of carbonyl (C=O) groups excluding carboxylic acids is 1. The third-order valence-corrected chi connectivity index (χ3v) is 2.87. The summed E-state index contributed by atoms with van der Waals surface area (Å²) >= 11 is 0. The Morgan fingerprint density at radius 3 is 2.67 bits per heavy atom. The van der Waals surface area contributed by atoms with Crippen LogP contribution >= 0.6 is 0 Å². The molecule has 1 aromatic heterocycles. The molecule has 8 nitrogen and oxygen atoms in total.